The molecule has 0 N–H and O–H groups in total. The highest BCUT2D eigenvalue weighted by Crippen LogP contribution is 2.50. The van der Waals surface area contributed by atoms with E-state index >= 15 is 0 Å². The van der Waals surface area contributed by atoms with E-state index in [2.05, 4.69) is 217 Å². The average Bonchev–Trinajstić information content (AvgIpc) is 3.89. The van der Waals surface area contributed by atoms with Crippen LogP contribution < -0.4 is 0 Å². The van der Waals surface area contributed by atoms with Crippen LogP contribution in [0.2, 0.25) is 0 Å². The van der Waals surface area contributed by atoms with E-state index in [1.807, 2.05) is 0 Å². The first-order valence-electron chi connectivity index (χ1n) is 22.5. The molecule has 1 heteroatoms. The van der Waals surface area contributed by atoms with E-state index in [0.717, 1.165) is 12.1 Å². The lowest BCUT2D eigenvalue weighted by atomic mass is 9.85. The molecule has 294 valence electrons. The highest BCUT2D eigenvalue weighted by Gasteiger charge is 2.26. The van der Waals surface area contributed by atoms with E-state index in [-0.39, 0.29) is 0 Å². The zero-order valence-electron chi connectivity index (χ0n) is 34.9. The molecule has 0 saturated carbocycles. The molecule has 0 spiro atoms. The van der Waals surface area contributed by atoms with Gasteiger partial charge in [-0.25, -0.2) is 0 Å². The third kappa shape index (κ3) is 4.63. The summed E-state index contributed by atoms with van der Waals surface area (Å²) in [4.78, 5) is 0. The smallest absolute Gasteiger partial charge is 0.0619 e. The van der Waals surface area contributed by atoms with Crippen LogP contribution in [0.15, 0.2) is 212 Å². The van der Waals surface area contributed by atoms with Gasteiger partial charge in [0.1, 0.15) is 0 Å². The summed E-state index contributed by atoms with van der Waals surface area (Å²) in [6.45, 7) is 0. The van der Waals surface area contributed by atoms with Gasteiger partial charge in [-0.1, -0.05) is 182 Å². The highest BCUT2D eigenvalue weighted by atomic mass is 15.0. The number of para-hydroxylation sites is 3. The van der Waals surface area contributed by atoms with Gasteiger partial charge in [0.2, 0.25) is 0 Å². The first kappa shape index (κ1) is 34.3. The lowest BCUT2D eigenvalue weighted by Gasteiger charge is -2.19. The largest absolute Gasteiger partial charge is 0.309 e. The molecule has 0 aliphatic heterocycles. The van der Waals surface area contributed by atoms with Crippen LogP contribution in [0.3, 0.4) is 0 Å². The highest BCUT2D eigenvalue weighted by molar-refractivity contribution is 6.27. The van der Waals surface area contributed by atoms with Crippen LogP contribution in [-0.4, -0.2) is 4.57 Å². The van der Waals surface area contributed by atoms with Crippen LogP contribution in [0.4, 0.5) is 0 Å². The second kappa shape index (κ2) is 12.7. The van der Waals surface area contributed by atoms with Crippen molar-refractivity contribution in [2.75, 3.05) is 0 Å². The molecular formula is C63H37N. The second-order valence-corrected chi connectivity index (χ2v) is 17.9. The van der Waals surface area contributed by atoms with E-state index in [9.17, 15) is 0 Å². The van der Waals surface area contributed by atoms with Crippen molar-refractivity contribution in [2.45, 2.75) is 6.42 Å². The third-order valence-electron chi connectivity index (χ3n) is 14.7. The van der Waals surface area contributed by atoms with Crippen LogP contribution in [0.25, 0.3) is 137 Å². The van der Waals surface area contributed by atoms with E-state index in [1.165, 1.54) is 142 Å². The molecule has 0 saturated heterocycles. The summed E-state index contributed by atoms with van der Waals surface area (Å²) < 4.78 is 2.48. The normalized spacial score (nSPS) is 12.6. The summed E-state index contributed by atoms with van der Waals surface area (Å²) >= 11 is 0. The SMILES string of the molecule is c1ccc(-n2c3ccccc3c3cccc(-c4cc5c(cc4-c4ccc6ccc7cccc8ccc4c6c78)Cc4cc(-c6ccc7ccc8cccc9ccc6c7c89)ccc4-5)c32)cc1. The zero-order chi connectivity index (χ0) is 41.6. The van der Waals surface area contributed by atoms with Gasteiger partial charge in [0.25, 0.3) is 0 Å². The van der Waals surface area contributed by atoms with Crippen molar-refractivity contribution in [1.82, 2.24) is 4.57 Å². The average molecular weight is 808 g/mol. The van der Waals surface area contributed by atoms with E-state index in [1.54, 1.807) is 0 Å². The topological polar surface area (TPSA) is 4.93 Å². The molecule has 1 aliphatic rings. The van der Waals surface area contributed by atoms with Gasteiger partial charge >= 0.3 is 0 Å². The summed E-state index contributed by atoms with van der Waals surface area (Å²) in [7, 11) is 0. The maximum atomic E-state index is 2.54. The van der Waals surface area contributed by atoms with Crippen molar-refractivity contribution in [3.05, 3.63) is 223 Å². The van der Waals surface area contributed by atoms with Crippen molar-refractivity contribution >= 4 is 86.4 Å². The molecule has 1 nitrogen and oxygen atoms in total. The summed E-state index contributed by atoms with van der Waals surface area (Å²) in [5.74, 6) is 0. The Kier molecular flexibility index (Phi) is 6.79. The Bertz CT molecular complexity index is 4230. The van der Waals surface area contributed by atoms with Gasteiger partial charge in [-0.2, -0.15) is 0 Å². The quantitative estimate of drug-likeness (QED) is 0.156. The minimum Gasteiger partial charge on any atom is -0.309 e. The predicted octanol–water partition coefficient (Wildman–Crippen LogP) is 17.2. The molecule has 15 rings (SSSR count). The Morgan fingerprint density at radius 3 is 1.53 bits per heavy atom. The van der Waals surface area contributed by atoms with Crippen LogP contribution in [-0.2, 0) is 6.42 Å². The standard InChI is InChI=1S/C63H37N/c1-2-13-46(14-3-1)64-58-18-5-4-15-50(58)53-16-8-17-54(63(53)64)57-36-55-45(35-56(57)49-30-24-42-22-20-38-10-7-12-40-26-32-52(49)62(42)60(38)40)34-44-33-43(27-29-48(44)55)47-28-23-41-21-19-37-9-6-11-39-25-31-51(47)61(41)59(37)39/h1-33,35-36H,34H2. The fourth-order valence-corrected chi connectivity index (χ4v) is 11.9. The Morgan fingerprint density at radius 2 is 0.812 bits per heavy atom. The van der Waals surface area contributed by atoms with Crippen molar-refractivity contribution < 1.29 is 0 Å². The molecule has 1 aliphatic carbocycles. The molecule has 0 fully saturated rings. The lowest BCUT2D eigenvalue weighted by Crippen LogP contribution is -1.97. The fourth-order valence-electron chi connectivity index (χ4n) is 11.9. The number of fused-ring (bicyclic) bond motifs is 6. The predicted molar refractivity (Wildman–Crippen MR) is 273 cm³/mol. The van der Waals surface area contributed by atoms with Crippen molar-refractivity contribution in [2.24, 2.45) is 0 Å². The number of hydrogen-bond acceptors (Lipinski definition) is 0. The van der Waals surface area contributed by atoms with Gasteiger partial charge in [0.15, 0.2) is 0 Å². The van der Waals surface area contributed by atoms with Crippen LogP contribution in [0.5, 0.6) is 0 Å². The molecular weight excluding hydrogens is 771 g/mol. The Hall–Kier alpha value is -8.26. The molecule has 1 heterocycles. The number of benzene rings is 13. The summed E-state index contributed by atoms with van der Waals surface area (Å²) in [6.07, 6.45) is 0.887. The molecule has 14 aromatic rings. The number of aromatic nitrogens is 1. The Labute approximate surface area is 369 Å². The van der Waals surface area contributed by atoms with Crippen molar-refractivity contribution in [3.8, 4) is 50.2 Å². The maximum Gasteiger partial charge on any atom is 0.0619 e. The first-order valence-corrected chi connectivity index (χ1v) is 22.5. The van der Waals surface area contributed by atoms with Gasteiger partial charge in [-0.3, -0.25) is 0 Å². The van der Waals surface area contributed by atoms with Crippen molar-refractivity contribution in [1.29, 1.82) is 0 Å². The minimum absolute atomic E-state index is 0.887. The molecule has 1 aromatic heterocycles. The molecule has 0 unspecified atom stereocenters. The summed E-state index contributed by atoms with van der Waals surface area (Å²) in [5, 5.41) is 18.3. The van der Waals surface area contributed by atoms with Gasteiger partial charge in [-0.05, 0) is 151 Å². The molecule has 0 amide bonds. The van der Waals surface area contributed by atoms with Gasteiger partial charge in [-0.15, -0.1) is 0 Å². The van der Waals surface area contributed by atoms with Crippen LogP contribution in [0.1, 0.15) is 11.1 Å². The van der Waals surface area contributed by atoms with Gasteiger partial charge < -0.3 is 4.57 Å². The van der Waals surface area contributed by atoms with Gasteiger partial charge in [0, 0.05) is 22.0 Å². The fraction of sp³-hybridized carbons (Fsp3) is 0.0159. The summed E-state index contributed by atoms with van der Waals surface area (Å²) in [6, 6.07) is 80.2. The maximum absolute atomic E-state index is 2.54. The monoisotopic (exact) mass is 807 g/mol. The number of hydrogen-bond donors (Lipinski definition) is 0. The van der Waals surface area contributed by atoms with Crippen molar-refractivity contribution in [3.63, 3.8) is 0 Å². The first-order chi connectivity index (χ1) is 31.7. The van der Waals surface area contributed by atoms with E-state index in [0.29, 0.717) is 0 Å². The van der Waals surface area contributed by atoms with Crippen LogP contribution in [0, 0.1) is 0 Å². The lowest BCUT2D eigenvalue weighted by molar-refractivity contribution is 1.18. The Balaban J connectivity index is 0.992. The zero-order valence-corrected chi connectivity index (χ0v) is 34.9. The molecule has 64 heavy (non-hydrogen) atoms. The van der Waals surface area contributed by atoms with Crippen LogP contribution >= 0.6 is 0 Å². The Morgan fingerprint density at radius 1 is 0.281 bits per heavy atom. The number of rotatable bonds is 4. The molecule has 0 atom stereocenters. The molecule has 13 aromatic carbocycles. The number of nitrogens with zero attached hydrogens (tertiary/aromatic N) is 1. The molecule has 0 bridgehead atoms. The minimum atomic E-state index is 0.887. The summed E-state index contributed by atoms with van der Waals surface area (Å²) in [5.41, 5.74) is 16.6. The molecule has 0 radical (unpaired) electrons. The van der Waals surface area contributed by atoms with E-state index in [4.69, 9.17) is 0 Å². The van der Waals surface area contributed by atoms with E-state index < -0.39 is 0 Å². The second-order valence-electron chi connectivity index (χ2n) is 17.9. The van der Waals surface area contributed by atoms with Gasteiger partial charge in [0.05, 0.1) is 11.0 Å². The third-order valence-corrected chi connectivity index (χ3v) is 14.7.